The molecule has 0 unspecified atom stereocenters. The molecule has 0 atom stereocenters. The van der Waals surface area contributed by atoms with E-state index in [0.29, 0.717) is 16.4 Å². The van der Waals surface area contributed by atoms with Crippen molar-refractivity contribution in [1.29, 1.82) is 0 Å². The second-order valence-corrected chi connectivity index (χ2v) is 7.41. The number of carbonyl (C=O) groups excluding carboxylic acids is 1. The van der Waals surface area contributed by atoms with Crippen molar-refractivity contribution < 1.29 is 18.3 Å². The molecule has 1 amide bonds. The molecule has 0 aromatic carbocycles. The Hall–Kier alpha value is -1.88. The molecule has 0 bridgehead atoms. The summed E-state index contributed by atoms with van der Waals surface area (Å²) in [5, 5.41) is 11.8. The number of aliphatic hydroxyl groups is 1. The van der Waals surface area contributed by atoms with Crippen LogP contribution in [0.25, 0.3) is 10.4 Å². The molecule has 0 fully saturated rings. The first-order chi connectivity index (χ1) is 10.8. The highest BCUT2D eigenvalue weighted by atomic mass is 32.2. The van der Waals surface area contributed by atoms with Crippen LogP contribution in [0.1, 0.15) is 12.6 Å². The number of aromatic nitrogens is 2. The van der Waals surface area contributed by atoms with Gasteiger partial charge < -0.3 is 10.4 Å². The number of nitrogens with one attached hydrogen (secondary N) is 2. The fourth-order valence-electron chi connectivity index (χ4n) is 1.82. The number of hydrogen-bond acceptors (Lipinski definition) is 7. The van der Waals surface area contributed by atoms with Crippen molar-refractivity contribution in [3.63, 3.8) is 0 Å². The van der Waals surface area contributed by atoms with Crippen LogP contribution >= 0.6 is 11.3 Å². The molecule has 0 aliphatic heterocycles. The minimum absolute atomic E-state index is 0.00247. The molecule has 0 radical (unpaired) electrons. The first-order valence-electron chi connectivity index (χ1n) is 6.64. The van der Waals surface area contributed by atoms with Crippen molar-refractivity contribution in [3.8, 4) is 10.4 Å². The summed E-state index contributed by atoms with van der Waals surface area (Å²) in [6.07, 6.45) is 2.76. The number of carbonyl (C=O) groups is 1. The van der Waals surface area contributed by atoms with Gasteiger partial charge in [0.25, 0.3) is 0 Å². The topological polar surface area (TPSA) is 121 Å². The van der Waals surface area contributed by atoms with Gasteiger partial charge in [-0.2, -0.15) is 0 Å². The van der Waals surface area contributed by atoms with E-state index in [9.17, 15) is 13.2 Å². The quantitative estimate of drug-likeness (QED) is 0.702. The average molecular weight is 356 g/mol. The molecule has 2 aromatic rings. The molecular weight excluding hydrogens is 340 g/mol. The van der Waals surface area contributed by atoms with Crippen LogP contribution in [0.15, 0.2) is 23.4 Å². The molecule has 0 saturated carbocycles. The Morgan fingerprint density at radius 2 is 2.13 bits per heavy atom. The number of pyridine rings is 1. The fourth-order valence-corrected chi connectivity index (χ4v) is 3.82. The zero-order valence-corrected chi connectivity index (χ0v) is 14.2. The van der Waals surface area contributed by atoms with Gasteiger partial charge in [-0.1, -0.05) is 11.3 Å². The first kappa shape index (κ1) is 17.5. The van der Waals surface area contributed by atoms with E-state index >= 15 is 0 Å². The molecular formula is C13H16N4O4S2. The average Bonchev–Trinajstić information content (AvgIpc) is 2.85. The Balaban J connectivity index is 2.37. The maximum absolute atomic E-state index is 12.1. The highest BCUT2D eigenvalue weighted by Crippen LogP contribution is 2.33. The van der Waals surface area contributed by atoms with E-state index in [4.69, 9.17) is 5.11 Å². The van der Waals surface area contributed by atoms with Gasteiger partial charge in [0.05, 0.1) is 17.2 Å². The van der Waals surface area contributed by atoms with Gasteiger partial charge in [0.2, 0.25) is 15.9 Å². The van der Waals surface area contributed by atoms with Gasteiger partial charge in [-0.15, -0.1) is 0 Å². The summed E-state index contributed by atoms with van der Waals surface area (Å²) in [4.78, 5) is 20.0. The largest absolute Gasteiger partial charge is 0.395 e. The number of aryl methyl sites for hydroxylation is 1. The van der Waals surface area contributed by atoms with Crippen molar-refractivity contribution in [2.24, 2.45) is 0 Å². The zero-order valence-electron chi connectivity index (χ0n) is 12.5. The molecule has 0 saturated heterocycles. The molecule has 0 aliphatic carbocycles. The molecule has 8 nitrogen and oxygen atoms in total. The van der Waals surface area contributed by atoms with Gasteiger partial charge in [-0.05, 0) is 13.0 Å². The van der Waals surface area contributed by atoms with Gasteiger partial charge in [0.15, 0.2) is 5.13 Å². The third kappa shape index (κ3) is 4.32. The van der Waals surface area contributed by atoms with Crippen LogP contribution in [0.5, 0.6) is 0 Å². The van der Waals surface area contributed by atoms with E-state index in [1.165, 1.54) is 36.7 Å². The maximum Gasteiger partial charge on any atom is 0.242 e. The van der Waals surface area contributed by atoms with E-state index in [1.54, 1.807) is 6.92 Å². The summed E-state index contributed by atoms with van der Waals surface area (Å²) in [5.41, 5.74) is 1.25. The summed E-state index contributed by atoms with van der Waals surface area (Å²) in [6.45, 7) is 2.79. The molecule has 0 aliphatic rings. The maximum atomic E-state index is 12.1. The normalized spacial score (nSPS) is 11.4. The zero-order chi connectivity index (χ0) is 17.0. The molecule has 3 N–H and O–H groups in total. The summed E-state index contributed by atoms with van der Waals surface area (Å²) >= 11 is 1.24. The standard InChI is InChI=1S/C13H16N4O4S2/c1-8-12(22-13(16-8)17-9(2)19)10-5-11(7-14-6-10)23(20,21)15-3-4-18/h5-7,15,18H,3-4H2,1-2H3,(H,16,17,19). The van der Waals surface area contributed by atoms with Crippen molar-refractivity contribution in [2.45, 2.75) is 18.7 Å². The Morgan fingerprint density at radius 1 is 1.39 bits per heavy atom. The van der Waals surface area contributed by atoms with Gasteiger partial charge >= 0.3 is 0 Å². The summed E-state index contributed by atoms with van der Waals surface area (Å²) in [7, 11) is -3.74. The van der Waals surface area contributed by atoms with E-state index in [-0.39, 0.29) is 24.0 Å². The number of thiazole rings is 1. The van der Waals surface area contributed by atoms with Gasteiger partial charge in [0.1, 0.15) is 4.90 Å². The molecule has 2 rings (SSSR count). The number of anilines is 1. The van der Waals surface area contributed by atoms with Crippen LogP contribution < -0.4 is 10.0 Å². The second-order valence-electron chi connectivity index (χ2n) is 4.65. The third-order valence-electron chi connectivity index (χ3n) is 2.77. The van der Waals surface area contributed by atoms with Gasteiger partial charge in [-0.3, -0.25) is 9.78 Å². The van der Waals surface area contributed by atoms with Crippen molar-refractivity contribution >= 4 is 32.4 Å². The lowest BCUT2D eigenvalue weighted by Gasteiger charge is -2.06. The minimum Gasteiger partial charge on any atom is -0.395 e. The second kappa shape index (κ2) is 7.13. The smallest absolute Gasteiger partial charge is 0.242 e. The summed E-state index contributed by atoms with van der Waals surface area (Å²) < 4.78 is 26.4. The van der Waals surface area contributed by atoms with Crippen LogP contribution in [-0.2, 0) is 14.8 Å². The first-order valence-corrected chi connectivity index (χ1v) is 8.94. The number of amides is 1. The van der Waals surface area contributed by atoms with Crippen molar-refractivity contribution in [2.75, 3.05) is 18.5 Å². The van der Waals surface area contributed by atoms with Gasteiger partial charge in [-0.25, -0.2) is 18.1 Å². The van der Waals surface area contributed by atoms with Gasteiger partial charge in [0, 0.05) is 31.4 Å². The minimum atomic E-state index is -3.74. The molecule has 10 heteroatoms. The highest BCUT2D eigenvalue weighted by molar-refractivity contribution is 7.89. The molecule has 124 valence electrons. The lowest BCUT2D eigenvalue weighted by molar-refractivity contribution is -0.114. The Labute approximate surface area is 137 Å². The highest BCUT2D eigenvalue weighted by Gasteiger charge is 2.17. The van der Waals surface area contributed by atoms with Crippen LogP contribution in [0.4, 0.5) is 5.13 Å². The van der Waals surface area contributed by atoms with Crippen LogP contribution in [0.2, 0.25) is 0 Å². The monoisotopic (exact) mass is 356 g/mol. The third-order valence-corrected chi connectivity index (χ3v) is 5.32. The van der Waals surface area contributed by atoms with E-state index in [0.717, 1.165) is 4.88 Å². The van der Waals surface area contributed by atoms with Crippen LogP contribution in [0.3, 0.4) is 0 Å². The number of sulfonamides is 1. The van der Waals surface area contributed by atoms with E-state index in [2.05, 4.69) is 20.0 Å². The SMILES string of the molecule is CC(=O)Nc1nc(C)c(-c2cncc(S(=O)(=O)NCCO)c2)s1. The molecule has 23 heavy (non-hydrogen) atoms. The van der Waals surface area contributed by atoms with E-state index in [1.807, 2.05) is 0 Å². The number of hydrogen-bond donors (Lipinski definition) is 3. The van der Waals surface area contributed by atoms with E-state index < -0.39 is 10.0 Å². The molecule has 2 heterocycles. The summed E-state index contributed by atoms with van der Waals surface area (Å²) in [5.74, 6) is -0.229. The predicted octanol–water partition coefficient (Wildman–Crippen LogP) is 0.743. The Kier molecular flexibility index (Phi) is 5.42. The van der Waals surface area contributed by atoms with Crippen LogP contribution in [-0.4, -0.2) is 42.6 Å². The lowest BCUT2D eigenvalue weighted by Crippen LogP contribution is -2.26. The van der Waals surface area contributed by atoms with Crippen LogP contribution in [0, 0.1) is 6.92 Å². The molecule has 2 aromatic heterocycles. The Morgan fingerprint density at radius 3 is 2.78 bits per heavy atom. The Bertz CT molecular complexity index is 817. The van der Waals surface area contributed by atoms with Crippen molar-refractivity contribution in [1.82, 2.24) is 14.7 Å². The number of rotatable bonds is 6. The van der Waals surface area contributed by atoms with Crippen molar-refractivity contribution in [3.05, 3.63) is 24.2 Å². The lowest BCUT2D eigenvalue weighted by atomic mass is 10.2. The number of nitrogens with zero attached hydrogens (tertiary/aromatic N) is 2. The predicted molar refractivity (Wildman–Crippen MR) is 86.7 cm³/mol. The fraction of sp³-hybridized carbons (Fsp3) is 0.308. The molecule has 0 spiro atoms. The number of aliphatic hydroxyl groups excluding tert-OH is 1. The summed E-state index contributed by atoms with van der Waals surface area (Å²) in [6, 6.07) is 1.48.